The lowest BCUT2D eigenvalue weighted by molar-refractivity contribution is -0.183. The van der Waals surface area contributed by atoms with Gasteiger partial charge in [-0.2, -0.15) is 18.3 Å². The van der Waals surface area contributed by atoms with Crippen molar-refractivity contribution < 1.29 is 36.5 Å². The molecule has 0 radical (unpaired) electrons. The van der Waals surface area contributed by atoms with Gasteiger partial charge in [-0.3, -0.25) is 4.68 Å². The first kappa shape index (κ1) is 31.4. The van der Waals surface area contributed by atoms with Crippen molar-refractivity contribution in [3.05, 3.63) is 36.5 Å². The molecule has 40 heavy (non-hydrogen) atoms. The molecule has 2 saturated carbocycles. The highest BCUT2D eigenvalue weighted by Gasteiger charge is 2.49. The van der Waals surface area contributed by atoms with Gasteiger partial charge in [0.1, 0.15) is 30.6 Å². The summed E-state index contributed by atoms with van der Waals surface area (Å²) in [6.07, 6.45) is 2.87. The maximum absolute atomic E-state index is 15.0. The van der Waals surface area contributed by atoms with Gasteiger partial charge in [-0.25, -0.2) is 13.8 Å². The molecule has 1 aromatic heterocycles. The molecule has 0 amide bonds. The topological polar surface area (TPSA) is 69.4 Å². The quantitative estimate of drug-likeness (QED) is 0.271. The fraction of sp³-hybridized carbons (Fsp3) is 0.786. The lowest BCUT2D eigenvalue weighted by Gasteiger charge is -2.45. The standard InChI is InChI=1S/C28H40F5N3O3S/c1-18(11-20-4-6-21(7-5-20)28(31,32)33)3-10-26-38-13-23(14-39-26)40-19(2)27(37,15-36-17-34-16-35-36)24-9-8-22(29)12-25(24)30/h3,10-11,16-17,19-26,37H,4-9,12-15H2,1-2H3/b10-3+,18-11+. The van der Waals surface area contributed by atoms with E-state index >= 15 is 4.39 Å². The third kappa shape index (κ3) is 8.29. The maximum atomic E-state index is 15.0. The minimum absolute atomic E-state index is 0.0481. The van der Waals surface area contributed by atoms with Gasteiger partial charge in [0.25, 0.3) is 0 Å². The average Bonchev–Trinajstić information content (AvgIpc) is 3.40. The Hall–Kier alpha value is -1.50. The van der Waals surface area contributed by atoms with Gasteiger partial charge in [0.15, 0.2) is 6.29 Å². The van der Waals surface area contributed by atoms with Crippen molar-refractivity contribution >= 4 is 11.8 Å². The predicted octanol–water partition coefficient (Wildman–Crippen LogP) is 6.22. The van der Waals surface area contributed by atoms with Crippen LogP contribution in [-0.4, -0.2) is 74.0 Å². The van der Waals surface area contributed by atoms with Gasteiger partial charge >= 0.3 is 6.18 Å². The Balaban J connectivity index is 1.28. The highest BCUT2D eigenvalue weighted by atomic mass is 32.2. The molecule has 3 fully saturated rings. The zero-order valence-electron chi connectivity index (χ0n) is 23.0. The smallest absolute Gasteiger partial charge is 0.386 e. The van der Waals surface area contributed by atoms with E-state index in [2.05, 4.69) is 10.1 Å². The fourth-order valence-electron chi connectivity index (χ4n) is 6.12. The van der Waals surface area contributed by atoms with Crippen molar-refractivity contribution in [2.24, 2.45) is 17.8 Å². The summed E-state index contributed by atoms with van der Waals surface area (Å²) >= 11 is 1.46. The molecule has 1 aliphatic heterocycles. The number of rotatable bonds is 9. The molecule has 5 atom stereocenters. The number of alkyl halides is 5. The molecule has 0 bridgehead atoms. The summed E-state index contributed by atoms with van der Waals surface area (Å²) in [6.45, 7) is 4.54. The molecule has 0 spiro atoms. The molecule has 1 N–H and O–H groups in total. The Morgan fingerprint density at radius 3 is 2.42 bits per heavy atom. The summed E-state index contributed by atoms with van der Waals surface area (Å²) in [6, 6.07) is 0. The Morgan fingerprint density at radius 1 is 1.12 bits per heavy atom. The molecule has 3 aliphatic rings. The number of nitrogens with zero attached hydrogens (tertiary/aromatic N) is 3. The minimum atomic E-state index is -4.10. The summed E-state index contributed by atoms with van der Waals surface area (Å²) in [7, 11) is 0. The van der Waals surface area contributed by atoms with Crippen LogP contribution >= 0.6 is 11.8 Å². The van der Waals surface area contributed by atoms with E-state index in [-0.39, 0.29) is 49.8 Å². The molecular weight excluding hydrogens is 553 g/mol. The summed E-state index contributed by atoms with van der Waals surface area (Å²) in [5.41, 5.74) is -0.523. The van der Waals surface area contributed by atoms with Gasteiger partial charge in [0, 0.05) is 17.6 Å². The monoisotopic (exact) mass is 593 g/mol. The van der Waals surface area contributed by atoms with E-state index in [0.717, 1.165) is 5.57 Å². The first-order valence-corrected chi connectivity index (χ1v) is 15.0. The van der Waals surface area contributed by atoms with E-state index in [1.165, 1.54) is 29.1 Å². The number of aliphatic hydroxyl groups is 1. The van der Waals surface area contributed by atoms with E-state index in [0.29, 0.717) is 26.1 Å². The summed E-state index contributed by atoms with van der Waals surface area (Å²) in [4.78, 5) is 3.93. The first-order chi connectivity index (χ1) is 18.9. The summed E-state index contributed by atoms with van der Waals surface area (Å²) in [5.74, 6) is -1.78. The van der Waals surface area contributed by atoms with Crippen LogP contribution in [0.3, 0.4) is 0 Å². The van der Waals surface area contributed by atoms with Crippen LogP contribution in [0.5, 0.6) is 0 Å². The Kier molecular flexibility index (Phi) is 10.7. The van der Waals surface area contributed by atoms with E-state index < -0.39 is 47.5 Å². The Bertz CT molecular complexity index is 978. The second-order valence-corrected chi connectivity index (χ2v) is 13.1. The second-order valence-electron chi connectivity index (χ2n) is 11.5. The van der Waals surface area contributed by atoms with Crippen LogP contribution in [-0.2, 0) is 16.0 Å². The van der Waals surface area contributed by atoms with Crippen molar-refractivity contribution in [3.63, 3.8) is 0 Å². The van der Waals surface area contributed by atoms with Crippen LogP contribution < -0.4 is 0 Å². The van der Waals surface area contributed by atoms with E-state index in [4.69, 9.17) is 9.47 Å². The van der Waals surface area contributed by atoms with Gasteiger partial charge < -0.3 is 14.6 Å². The summed E-state index contributed by atoms with van der Waals surface area (Å²) in [5, 5.41) is 15.4. The number of allylic oxidation sites excluding steroid dienone is 3. The van der Waals surface area contributed by atoms with Crippen LogP contribution in [0.2, 0.25) is 0 Å². The second kappa shape index (κ2) is 13.6. The van der Waals surface area contributed by atoms with Crippen LogP contribution in [0.25, 0.3) is 0 Å². The molecule has 2 heterocycles. The highest BCUT2D eigenvalue weighted by Crippen LogP contribution is 2.43. The zero-order chi connectivity index (χ0) is 28.9. The van der Waals surface area contributed by atoms with Crippen LogP contribution in [0.15, 0.2) is 36.5 Å². The number of thioether (sulfide) groups is 1. The molecule has 2 aliphatic carbocycles. The van der Waals surface area contributed by atoms with Crippen LogP contribution in [0, 0.1) is 17.8 Å². The molecule has 12 heteroatoms. The van der Waals surface area contributed by atoms with Gasteiger partial charge in [0.2, 0.25) is 0 Å². The van der Waals surface area contributed by atoms with Crippen LogP contribution in [0.4, 0.5) is 22.0 Å². The largest absolute Gasteiger partial charge is 0.391 e. The summed E-state index contributed by atoms with van der Waals surface area (Å²) < 4.78 is 80.8. The number of ether oxygens (including phenoxy) is 2. The molecule has 1 saturated heterocycles. The average molecular weight is 594 g/mol. The highest BCUT2D eigenvalue weighted by molar-refractivity contribution is 8.00. The Labute approximate surface area is 236 Å². The normalized spacial score (nSPS) is 35.0. The van der Waals surface area contributed by atoms with Crippen molar-refractivity contribution in [2.75, 3.05) is 13.2 Å². The van der Waals surface area contributed by atoms with Gasteiger partial charge in [-0.15, -0.1) is 11.8 Å². The van der Waals surface area contributed by atoms with Crippen molar-refractivity contribution in [1.82, 2.24) is 14.8 Å². The van der Waals surface area contributed by atoms with Crippen molar-refractivity contribution in [1.29, 1.82) is 0 Å². The molecular formula is C28H40F5N3O3S. The fourth-order valence-corrected chi connectivity index (χ4v) is 7.50. The van der Waals surface area contributed by atoms with E-state index in [1.54, 1.807) is 6.08 Å². The van der Waals surface area contributed by atoms with E-state index in [9.17, 15) is 22.7 Å². The first-order valence-electron chi connectivity index (χ1n) is 14.1. The lowest BCUT2D eigenvalue weighted by atomic mass is 9.73. The van der Waals surface area contributed by atoms with Crippen molar-refractivity contribution in [3.8, 4) is 0 Å². The molecule has 5 unspecified atom stereocenters. The third-order valence-corrected chi connectivity index (χ3v) is 9.95. The SMILES string of the molecule is CC(/C=C/C1OCC(SC(C)C(O)(Cn2cncn2)C2CCC(F)CC2F)CO1)=C\C1CCC(C(F)(F)F)CC1. The Morgan fingerprint density at radius 2 is 1.82 bits per heavy atom. The number of hydrogen-bond acceptors (Lipinski definition) is 6. The van der Waals surface area contributed by atoms with E-state index in [1.807, 2.05) is 26.0 Å². The number of aromatic nitrogens is 3. The number of halogens is 5. The third-order valence-electron chi connectivity index (χ3n) is 8.48. The maximum Gasteiger partial charge on any atom is 0.391 e. The van der Waals surface area contributed by atoms with Crippen LogP contribution in [0.1, 0.15) is 58.8 Å². The van der Waals surface area contributed by atoms with Crippen molar-refractivity contribution in [2.45, 2.75) is 106 Å². The molecule has 226 valence electrons. The van der Waals surface area contributed by atoms with Gasteiger partial charge in [-0.1, -0.05) is 24.6 Å². The predicted molar refractivity (Wildman–Crippen MR) is 143 cm³/mol. The molecule has 1 aromatic rings. The lowest BCUT2D eigenvalue weighted by Crippen LogP contribution is -2.55. The molecule has 4 rings (SSSR count). The minimum Gasteiger partial charge on any atom is -0.386 e. The number of hydrogen-bond donors (Lipinski definition) is 1. The van der Waals surface area contributed by atoms with Gasteiger partial charge in [0.05, 0.1) is 30.9 Å². The van der Waals surface area contributed by atoms with Gasteiger partial charge in [-0.05, 0) is 57.4 Å². The molecule has 6 nitrogen and oxygen atoms in total. The molecule has 0 aromatic carbocycles. The zero-order valence-corrected chi connectivity index (χ0v) is 23.8.